The number of carboxylic acids is 1. The Morgan fingerprint density at radius 2 is 1.68 bits per heavy atom. The first kappa shape index (κ1) is 21.2. The average Bonchev–Trinajstić information content (AvgIpc) is 2.35. The number of carbonyl (C=O) groups is 2. The molecule has 0 amide bonds. The van der Waals surface area contributed by atoms with E-state index in [-0.39, 0.29) is 42.4 Å². The minimum absolute atomic E-state index is 0. The van der Waals surface area contributed by atoms with Crippen molar-refractivity contribution in [1.82, 2.24) is 0 Å². The third kappa shape index (κ3) is 14.2. The maximum absolute atomic E-state index is 11.1. The topological polar surface area (TPSA) is 66.4 Å². The molecule has 0 saturated carbocycles. The van der Waals surface area contributed by atoms with Crippen molar-refractivity contribution in [2.75, 3.05) is 6.61 Å². The predicted molar refractivity (Wildman–Crippen MR) is 67.7 cm³/mol. The molecular weight excluding hydrogens is 255 g/mol. The van der Waals surface area contributed by atoms with Crippen molar-refractivity contribution < 1.29 is 49.0 Å². The molecule has 0 bridgehead atoms. The van der Waals surface area contributed by atoms with E-state index in [1.54, 1.807) is 0 Å². The standard InChI is InChI=1S/C14H26O4.Na/c1-3-12(4-2)8-6-5-7-11-18-14(17)10-9-13(15)16;/h12H,3-11H2,1-2H3,(H,15,16);/q;+1/p-1. The van der Waals surface area contributed by atoms with E-state index in [0.29, 0.717) is 6.61 Å². The summed E-state index contributed by atoms with van der Waals surface area (Å²) in [5.41, 5.74) is 0. The third-order valence-electron chi connectivity index (χ3n) is 3.21. The molecule has 0 rings (SSSR count). The summed E-state index contributed by atoms with van der Waals surface area (Å²) in [5.74, 6) is -0.841. The Morgan fingerprint density at radius 3 is 2.21 bits per heavy atom. The van der Waals surface area contributed by atoms with Crippen LogP contribution in [-0.2, 0) is 14.3 Å². The summed E-state index contributed by atoms with van der Waals surface area (Å²) in [6.07, 6.45) is 6.45. The fourth-order valence-electron chi connectivity index (χ4n) is 1.87. The largest absolute Gasteiger partial charge is 1.00 e. The second-order valence-electron chi connectivity index (χ2n) is 4.62. The zero-order chi connectivity index (χ0) is 13.8. The van der Waals surface area contributed by atoms with Crippen LogP contribution in [0.15, 0.2) is 0 Å². The maximum Gasteiger partial charge on any atom is 1.00 e. The first-order valence-corrected chi connectivity index (χ1v) is 6.95. The number of carboxylic acid groups (broad SMARTS) is 1. The van der Waals surface area contributed by atoms with E-state index in [0.717, 1.165) is 18.8 Å². The van der Waals surface area contributed by atoms with Gasteiger partial charge < -0.3 is 14.6 Å². The summed E-state index contributed by atoms with van der Waals surface area (Å²) in [4.78, 5) is 21.2. The molecule has 4 nitrogen and oxygen atoms in total. The Morgan fingerprint density at radius 1 is 1.05 bits per heavy atom. The van der Waals surface area contributed by atoms with Gasteiger partial charge in [0.25, 0.3) is 0 Å². The van der Waals surface area contributed by atoms with Crippen molar-refractivity contribution in [2.24, 2.45) is 5.92 Å². The fraction of sp³-hybridized carbons (Fsp3) is 0.857. The van der Waals surface area contributed by atoms with E-state index in [1.165, 1.54) is 25.7 Å². The van der Waals surface area contributed by atoms with Crippen LogP contribution in [0.3, 0.4) is 0 Å². The summed E-state index contributed by atoms with van der Waals surface area (Å²) in [7, 11) is 0. The molecule has 0 radical (unpaired) electrons. The Bertz CT molecular complexity index is 240. The number of hydrogen-bond acceptors (Lipinski definition) is 4. The molecule has 0 fully saturated rings. The summed E-state index contributed by atoms with van der Waals surface area (Å²) in [6.45, 7) is 4.83. The van der Waals surface area contributed by atoms with Gasteiger partial charge in [0.15, 0.2) is 0 Å². The molecule has 0 aromatic rings. The van der Waals surface area contributed by atoms with Crippen LogP contribution in [0, 0.1) is 5.92 Å². The van der Waals surface area contributed by atoms with Gasteiger partial charge in [-0.05, 0) is 18.8 Å². The predicted octanol–water partition coefficient (Wildman–Crippen LogP) is -0.940. The van der Waals surface area contributed by atoms with Crippen LogP contribution in [-0.4, -0.2) is 18.5 Å². The smallest absolute Gasteiger partial charge is 0.550 e. The minimum atomic E-state index is -1.21. The molecule has 0 saturated heterocycles. The number of esters is 1. The summed E-state index contributed by atoms with van der Waals surface area (Å²) in [6, 6.07) is 0. The number of aliphatic carboxylic acids is 1. The maximum atomic E-state index is 11.1. The molecule has 0 aromatic carbocycles. The number of rotatable bonds is 11. The molecule has 5 heteroatoms. The zero-order valence-corrected chi connectivity index (χ0v) is 14.6. The van der Waals surface area contributed by atoms with Crippen LogP contribution in [0.4, 0.5) is 0 Å². The summed E-state index contributed by atoms with van der Waals surface area (Å²) < 4.78 is 4.92. The van der Waals surface area contributed by atoms with Gasteiger partial charge in [0.1, 0.15) is 0 Å². The molecule has 106 valence electrons. The quantitative estimate of drug-likeness (QED) is 0.278. The number of unbranched alkanes of at least 4 members (excludes halogenated alkanes) is 2. The van der Waals surface area contributed by atoms with Gasteiger partial charge in [-0.15, -0.1) is 0 Å². The van der Waals surface area contributed by atoms with Gasteiger partial charge in [-0.2, -0.15) is 0 Å². The van der Waals surface area contributed by atoms with Crippen molar-refractivity contribution >= 4 is 11.9 Å². The number of carbonyl (C=O) groups excluding carboxylic acids is 2. The van der Waals surface area contributed by atoms with Gasteiger partial charge in [-0.3, -0.25) is 4.79 Å². The van der Waals surface area contributed by atoms with E-state index in [9.17, 15) is 14.7 Å². The van der Waals surface area contributed by atoms with Crippen molar-refractivity contribution in [3.63, 3.8) is 0 Å². The van der Waals surface area contributed by atoms with Gasteiger partial charge in [-0.1, -0.05) is 46.0 Å². The second-order valence-corrected chi connectivity index (χ2v) is 4.62. The SMILES string of the molecule is CCC(CC)CCCCCOC(=O)CCC(=O)[O-].[Na+]. The first-order chi connectivity index (χ1) is 8.60. The number of ether oxygens (including phenoxy) is 1. The normalized spacial score (nSPS) is 10.1. The van der Waals surface area contributed by atoms with Crippen molar-refractivity contribution in [2.45, 2.75) is 65.2 Å². The van der Waals surface area contributed by atoms with Crippen molar-refractivity contribution in [3.05, 3.63) is 0 Å². The molecule has 0 atom stereocenters. The van der Waals surface area contributed by atoms with Crippen molar-refractivity contribution in [3.8, 4) is 0 Å². The summed E-state index contributed by atoms with van der Waals surface area (Å²) >= 11 is 0. The first-order valence-electron chi connectivity index (χ1n) is 6.95. The Hall–Kier alpha value is -0.0600. The van der Waals surface area contributed by atoms with E-state index >= 15 is 0 Å². The molecule has 0 N–H and O–H groups in total. The van der Waals surface area contributed by atoms with Gasteiger partial charge in [-0.25, -0.2) is 0 Å². The van der Waals surface area contributed by atoms with Crippen LogP contribution >= 0.6 is 0 Å². The van der Waals surface area contributed by atoms with Gasteiger partial charge in [0.05, 0.1) is 13.0 Å². The number of hydrogen-bond donors (Lipinski definition) is 0. The van der Waals surface area contributed by atoms with Gasteiger partial charge in [0.2, 0.25) is 0 Å². The van der Waals surface area contributed by atoms with Crippen LogP contribution in [0.1, 0.15) is 65.2 Å². The second kappa shape index (κ2) is 14.4. The van der Waals surface area contributed by atoms with E-state index in [4.69, 9.17) is 4.74 Å². The Balaban J connectivity index is 0. The molecular formula is C14H25NaO4. The fourth-order valence-corrected chi connectivity index (χ4v) is 1.87. The summed E-state index contributed by atoms with van der Waals surface area (Å²) in [5, 5.41) is 10.1. The Kier molecular flexibility index (Phi) is 16.0. The molecule has 0 aromatic heterocycles. The van der Waals surface area contributed by atoms with E-state index in [1.807, 2.05) is 0 Å². The monoisotopic (exact) mass is 280 g/mol. The third-order valence-corrected chi connectivity index (χ3v) is 3.21. The molecule has 0 heterocycles. The average molecular weight is 280 g/mol. The molecule has 19 heavy (non-hydrogen) atoms. The van der Waals surface area contributed by atoms with Crippen LogP contribution < -0.4 is 34.7 Å². The molecule has 0 unspecified atom stereocenters. The van der Waals surface area contributed by atoms with Crippen LogP contribution in [0.25, 0.3) is 0 Å². The molecule has 0 aliphatic carbocycles. The minimum Gasteiger partial charge on any atom is -0.550 e. The zero-order valence-electron chi connectivity index (χ0n) is 12.6. The van der Waals surface area contributed by atoms with E-state index < -0.39 is 11.9 Å². The van der Waals surface area contributed by atoms with Crippen molar-refractivity contribution in [1.29, 1.82) is 0 Å². The molecule has 0 aliphatic heterocycles. The van der Waals surface area contributed by atoms with Gasteiger partial charge in [0, 0.05) is 5.97 Å². The van der Waals surface area contributed by atoms with Gasteiger partial charge >= 0.3 is 35.5 Å². The van der Waals surface area contributed by atoms with Crippen LogP contribution in [0.2, 0.25) is 0 Å². The van der Waals surface area contributed by atoms with E-state index in [2.05, 4.69) is 13.8 Å². The Labute approximate surface area is 138 Å². The molecule has 0 spiro atoms. The van der Waals surface area contributed by atoms with Crippen LogP contribution in [0.5, 0.6) is 0 Å². The molecule has 0 aliphatic rings.